The van der Waals surface area contributed by atoms with Crippen LogP contribution in [0, 0.1) is 5.92 Å². The zero-order valence-electron chi connectivity index (χ0n) is 10.1. The van der Waals surface area contributed by atoms with Crippen molar-refractivity contribution >= 4 is 0 Å². The van der Waals surface area contributed by atoms with Crippen molar-refractivity contribution in [3.63, 3.8) is 0 Å². The van der Waals surface area contributed by atoms with Gasteiger partial charge >= 0.3 is 6.18 Å². The van der Waals surface area contributed by atoms with E-state index in [0.29, 0.717) is 12.0 Å². The lowest BCUT2D eigenvalue weighted by Crippen LogP contribution is -2.44. The van der Waals surface area contributed by atoms with Crippen LogP contribution in [0.2, 0.25) is 0 Å². The molecule has 17 heavy (non-hydrogen) atoms. The predicted octanol–water partition coefficient (Wildman–Crippen LogP) is 2.40. The Bertz CT molecular complexity index is 236. The Morgan fingerprint density at radius 1 is 1.18 bits per heavy atom. The Hall–Kier alpha value is -0.290. The van der Waals surface area contributed by atoms with Crippen LogP contribution in [-0.4, -0.2) is 43.3 Å². The summed E-state index contributed by atoms with van der Waals surface area (Å²) in [7, 11) is 0. The molecule has 2 saturated heterocycles. The van der Waals surface area contributed by atoms with Crippen LogP contribution in [0.25, 0.3) is 0 Å². The van der Waals surface area contributed by atoms with Crippen LogP contribution in [0.3, 0.4) is 0 Å². The van der Waals surface area contributed by atoms with Crippen molar-refractivity contribution in [2.24, 2.45) is 5.92 Å². The average molecular weight is 250 g/mol. The van der Waals surface area contributed by atoms with Gasteiger partial charge < -0.3 is 10.2 Å². The van der Waals surface area contributed by atoms with Crippen LogP contribution >= 0.6 is 0 Å². The lowest BCUT2D eigenvalue weighted by atomic mass is 9.90. The summed E-state index contributed by atoms with van der Waals surface area (Å²) < 4.78 is 36.5. The zero-order valence-corrected chi connectivity index (χ0v) is 10.1. The molecule has 0 spiro atoms. The van der Waals surface area contributed by atoms with Gasteiger partial charge in [0.2, 0.25) is 0 Å². The van der Waals surface area contributed by atoms with Crippen molar-refractivity contribution < 1.29 is 13.2 Å². The van der Waals surface area contributed by atoms with E-state index >= 15 is 0 Å². The Morgan fingerprint density at radius 3 is 2.65 bits per heavy atom. The van der Waals surface area contributed by atoms with Gasteiger partial charge in [0.15, 0.2) is 0 Å². The third kappa shape index (κ3) is 4.14. The molecule has 1 N–H and O–H groups in total. The molecule has 2 rings (SSSR count). The summed E-state index contributed by atoms with van der Waals surface area (Å²) in [5.41, 5.74) is 0. The lowest BCUT2D eigenvalue weighted by Gasteiger charge is -2.35. The number of nitrogens with zero attached hydrogens (tertiary/aromatic N) is 1. The van der Waals surface area contributed by atoms with Crippen molar-refractivity contribution in [3.8, 4) is 0 Å². The second-order valence-electron chi connectivity index (χ2n) is 5.27. The van der Waals surface area contributed by atoms with Gasteiger partial charge in [-0.25, -0.2) is 0 Å². The first kappa shape index (κ1) is 13.1. The first-order valence-electron chi connectivity index (χ1n) is 6.57. The van der Waals surface area contributed by atoms with Crippen LogP contribution in [0.1, 0.15) is 32.1 Å². The minimum atomic E-state index is -4.02. The van der Waals surface area contributed by atoms with Crippen molar-refractivity contribution in [2.45, 2.75) is 44.3 Å². The molecule has 0 bridgehead atoms. The van der Waals surface area contributed by atoms with Gasteiger partial charge in [-0.3, -0.25) is 0 Å². The molecule has 0 aromatic rings. The van der Waals surface area contributed by atoms with E-state index in [2.05, 4.69) is 5.32 Å². The van der Waals surface area contributed by atoms with Gasteiger partial charge in [0.05, 0.1) is 6.42 Å². The summed E-state index contributed by atoms with van der Waals surface area (Å²) in [6.07, 6.45) is -0.0707. The molecule has 2 unspecified atom stereocenters. The van der Waals surface area contributed by atoms with Crippen molar-refractivity contribution in [2.75, 3.05) is 26.2 Å². The number of hydrogen-bond acceptors (Lipinski definition) is 2. The van der Waals surface area contributed by atoms with Crippen molar-refractivity contribution in [3.05, 3.63) is 0 Å². The second kappa shape index (κ2) is 5.57. The molecule has 0 amide bonds. The van der Waals surface area contributed by atoms with Crippen LogP contribution in [0.15, 0.2) is 0 Å². The van der Waals surface area contributed by atoms with E-state index in [1.165, 1.54) is 19.3 Å². The van der Waals surface area contributed by atoms with Gasteiger partial charge in [0, 0.05) is 19.1 Å². The fraction of sp³-hybridized carbons (Fsp3) is 1.00. The first-order chi connectivity index (χ1) is 8.04. The van der Waals surface area contributed by atoms with Crippen molar-refractivity contribution in [1.82, 2.24) is 10.2 Å². The number of nitrogens with one attached hydrogen (secondary N) is 1. The normalized spacial score (nSPS) is 31.9. The smallest absolute Gasteiger partial charge is 0.314 e. The summed E-state index contributed by atoms with van der Waals surface area (Å²) in [5.74, 6) is 0.555. The first-order valence-corrected chi connectivity index (χ1v) is 6.57. The number of alkyl halides is 3. The van der Waals surface area contributed by atoms with Crippen LogP contribution in [0.4, 0.5) is 13.2 Å². The Labute approximate surface area is 101 Å². The van der Waals surface area contributed by atoms with Gasteiger partial charge in [-0.15, -0.1) is 0 Å². The van der Waals surface area contributed by atoms with Crippen LogP contribution in [-0.2, 0) is 0 Å². The summed E-state index contributed by atoms with van der Waals surface area (Å²) >= 11 is 0. The maximum atomic E-state index is 12.2. The predicted molar refractivity (Wildman–Crippen MR) is 60.9 cm³/mol. The molecule has 2 aliphatic rings. The summed E-state index contributed by atoms with van der Waals surface area (Å²) in [5, 5.41) is 3.47. The van der Waals surface area contributed by atoms with E-state index in [1.807, 2.05) is 4.90 Å². The molecule has 2 atom stereocenters. The molecule has 0 saturated carbocycles. The van der Waals surface area contributed by atoms with E-state index in [9.17, 15) is 13.2 Å². The highest BCUT2D eigenvalue weighted by Crippen LogP contribution is 2.26. The zero-order chi connectivity index (χ0) is 12.3. The second-order valence-corrected chi connectivity index (χ2v) is 5.27. The molecule has 2 nitrogen and oxygen atoms in total. The minimum Gasteiger partial charge on any atom is -0.314 e. The van der Waals surface area contributed by atoms with Crippen LogP contribution < -0.4 is 5.32 Å². The average Bonchev–Trinajstić information content (AvgIpc) is 2.79. The van der Waals surface area contributed by atoms with Gasteiger partial charge in [-0.1, -0.05) is 0 Å². The molecule has 0 aromatic heterocycles. The summed E-state index contributed by atoms with van der Waals surface area (Å²) in [6.45, 7) is 2.92. The molecular formula is C12H21F3N2. The molecule has 2 aliphatic heterocycles. The fourth-order valence-electron chi connectivity index (χ4n) is 3.02. The fourth-order valence-corrected chi connectivity index (χ4v) is 3.02. The highest BCUT2D eigenvalue weighted by atomic mass is 19.4. The minimum absolute atomic E-state index is 0.173. The number of halogens is 3. The number of likely N-dealkylation sites (tertiary alicyclic amines) is 1. The van der Waals surface area contributed by atoms with Crippen LogP contribution in [0.5, 0.6) is 0 Å². The Kier molecular flexibility index (Phi) is 4.31. The SMILES string of the molecule is FC(F)(F)CCN1CCCC(C2CCCN2)C1. The van der Waals surface area contributed by atoms with E-state index in [0.717, 1.165) is 26.1 Å². The third-order valence-corrected chi connectivity index (χ3v) is 3.92. The molecule has 0 radical (unpaired) electrons. The highest BCUT2D eigenvalue weighted by molar-refractivity contribution is 4.86. The molecule has 2 fully saturated rings. The standard InChI is InChI=1S/C12H21F3N2/c13-12(14,15)5-8-17-7-2-3-10(9-17)11-4-1-6-16-11/h10-11,16H,1-9H2. The number of rotatable bonds is 3. The third-order valence-electron chi connectivity index (χ3n) is 3.92. The molecular weight excluding hydrogens is 229 g/mol. The van der Waals surface area contributed by atoms with E-state index in [4.69, 9.17) is 0 Å². The van der Waals surface area contributed by atoms with Gasteiger partial charge in [-0.2, -0.15) is 13.2 Å². The largest absolute Gasteiger partial charge is 0.390 e. The molecule has 0 aliphatic carbocycles. The monoisotopic (exact) mass is 250 g/mol. The van der Waals surface area contributed by atoms with Gasteiger partial charge in [0.1, 0.15) is 0 Å². The van der Waals surface area contributed by atoms with E-state index in [-0.39, 0.29) is 6.54 Å². The van der Waals surface area contributed by atoms with Gasteiger partial charge in [-0.05, 0) is 44.7 Å². The molecule has 0 aromatic carbocycles. The topological polar surface area (TPSA) is 15.3 Å². The summed E-state index contributed by atoms with van der Waals surface area (Å²) in [6, 6.07) is 0.545. The molecule has 2 heterocycles. The van der Waals surface area contributed by atoms with Crippen molar-refractivity contribution in [1.29, 1.82) is 0 Å². The molecule has 5 heteroatoms. The van der Waals surface area contributed by atoms with E-state index in [1.54, 1.807) is 0 Å². The lowest BCUT2D eigenvalue weighted by molar-refractivity contribution is -0.138. The summed E-state index contributed by atoms with van der Waals surface area (Å²) in [4.78, 5) is 1.99. The molecule has 100 valence electrons. The Balaban J connectivity index is 1.76. The Morgan fingerprint density at radius 2 is 2.00 bits per heavy atom. The van der Waals surface area contributed by atoms with Gasteiger partial charge in [0.25, 0.3) is 0 Å². The maximum Gasteiger partial charge on any atom is 0.390 e. The number of hydrogen-bond donors (Lipinski definition) is 1. The van der Waals surface area contributed by atoms with E-state index < -0.39 is 12.6 Å². The number of piperidine rings is 1. The highest BCUT2D eigenvalue weighted by Gasteiger charge is 2.32. The quantitative estimate of drug-likeness (QED) is 0.827. The maximum absolute atomic E-state index is 12.2.